The van der Waals surface area contributed by atoms with E-state index in [-0.39, 0.29) is 6.04 Å². The van der Waals surface area contributed by atoms with E-state index in [1.54, 1.807) is 19.2 Å². The maximum Gasteiger partial charge on any atom is 0.414 e. The second-order valence-electron chi connectivity index (χ2n) is 10.1. The molecule has 3 fully saturated rings. The van der Waals surface area contributed by atoms with E-state index in [0.717, 1.165) is 31.5 Å². The number of methoxy groups -OCH3 is 3. The number of carbonyl (C=O) groups is 2. The van der Waals surface area contributed by atoms with Crippen LogP contribution >= 0.6 is 0 Å². The first kappa shape index (κ1) is 23.4. The predicted molar refractivity (Wildman–Crippen MR) is 123 cm³/mol. The van der Waals surface area contributed by atoms with E-state index >= 15 is 0 Å². The van der Waals surface area contributed by atoms with E-state index in [2.05, 4.69) is 4.90 Å². The largest absolute Gasteiger partial charge is 0.497 e. The number of esters is 1. The molecule has 3 aliphatic heterocycles. The van der Waals surface area contributed by atoms with E-state index in [0.29, 0.717) is 36.6 Å². The van der Waals surface area contributed by atoms with Gasteiger partial charge in [0.05, 0.1) is 33.1 Å². The maximum absolute atomic E-state index is 13.5. The number of rotatable bonds is 4. The molecule has 4 aliphatic rings. The Labute approximate surface area is 199 Å². The Kier molecular flexibility index (Phi) is 5.38. The molecule has 9 heteroatoms. The molecule has 1 saturated carbocycles. The fraction of sp³-hybridized carbons (Fsp3) is 0.680. The van der Waals surface area contributed by atoms with E-state index in [4.69, 9.17) is 14.2 Å². The molecule has 0 bridgehead atoms. The van der Waals surface area contributed by atoms with Crippen LogP contribution in [-0.4, -0.2) is 84.9 Å². The van der Waals surface area contributed by atoms with Crippen LogP contribution in [0.2, 0.25) is 0 Å². The van der Waals surface area contributed by atoms with Gasteiger partial charge in [0.2, 0.25) is 5.60 Å². The molecular formula is C25H34N2O7. The Balaban J connectivity index is 1.90. The molecule has 1 amide bonds. The second kappa shape index (κ2) is 7.83. The van der Waals surface area contributed by atoms with Crippen LogP contribution < -0.4 is 9.64 Å². The standard InChI is InChI=1S/C25H34N2O7/c1-15(28)25(31,21(29)33-3)24-10-9-16-6-5-12-26-13-11-23(24,20(16)26)18-14-17(32-2)7-8-19(18)27(24)22(30)34-4/h7-8,14-16,20,28,31H,5-6,9-13H2,1-4H3/t15-,16?,20+,23-,24?,25+/m1/s1. The van der Waals surface area contributed by atoms with Crippen molar-refractivity contribution < 1.29 is 34.0 Å². The first-order valence-electron chi connectivity index (χ1n) is 12.0. The van der Waals surface area contributed by atoms with Crippen molar-refractivity contribution in [2.75, 3.05) is 39.3 Å². The molecule has 9 nitrogen and oxygen atoms in total. The van der Waals surface area contributed by atoms with Crippen molar-refractivity contribution in [3.63, 3.8) is 0 Å². The van der Waals surface area contributed by atoms with Crippen LogP contribution in [0.4, 0.5) is 10.5 Å². The van der Waals surface area contributed by atoms with Gasteiger partial charge < -0.3 is 24.4 Å². The van der Waals surface area contributed by atoms with Crippen molar-refractivity contribution in [3.8, 4) is 5.75 Å². The van der Waals surface area contributed by atoms with Crippen LogP contribution in [0, 0.1) is 5.92 Å². The summed E-state index contributed by atoms with van der Waals surface area (Å²) in [7, 11) is 4.07. The van der Waals surface area contributed by atoms with Crippen LogP contribution in [0.5, 0.6) is 5.75 Å². The minimum absolute atomic E-state index is 0.00885. The third-order valence-corrected chi connectivity index (χ3v) is 9.17. The van der Waals surface area contributed by atoms with E-state index in [1.807, 2.05) is 6.07 Å². The number of aliphatic hydroxyl groups is 2. The minimum Gasteiger partial charge on any atom is -0.497 e. The average Bonchev–Trinajstić information content (AvgIpc) is 3.38. The number of benzene rings is 1. The minimum atomic E-state index is -2.39. The number of ether oxygens (including phenoxy) is 3. The molecule has 0 aromatic heterocycles. The molecule has 6 atom stereocenters. The van der Waals surface area contributed by atoms with Crippen molar-refractivity contribution in [1.29, 1.82) is 0 Å². The summed E-state index contributed by atoms with van der Waals surface area (Å²) in [5.41, 5.74) is -3.30. The number of carbonyl (C=O) groups excluding carboxylic acids is 2. The first-order chi connectivity index (χ1) is 16.2. The predicted octanol–water partition coefficient (Wildman–Crippen LogP) is 1.82. The highest BCUT2D eigenvalue weighted by atomic mass is 16.6. The molecule has 3 heterocycles. The molecule has 1 spiro atoms. The van der Waals surface area contributed by atoms with Gasteiger partial charge in [-0.15, -0.1) is 0 Å². The summed E-state index contributed by atoms with van der Waals surface area (Å²) >= 11 is 0. The van der Waals surface area contributed by atoms with E-state index in [9.17, 15) is 19.8 Å². The Morgan fingerprint density at radius 3 is 2.56 bits per heavy atom. The summed E-state index contributed by atoms with van der Waals surface area (Å²) in [5, 5.41) is 23.4. The average molecular weight is 475 g/mol. The van der Waals surface area contributed by atoms with Crippen LogP contribution in [0.25, 0.3) is 0 Å². The number of hydrogen-bond acceptors (Lipinski definition) is 8. The molecule has 2 unspecified atom stereocenters. The van der Waals surface area contributed by atoms with Crippen molar-refractivity contribution in [1.82, 2.24) is 4.90 Å². The van der Waals surface area contributed by atoms with Crippen LogP contribution in [0.15, 0.2) is 18.2 Å². The van der Waals surface area contributed by atoms with E-state index in [1.165, 1.54) is 26.0 Å². The SMILES string of the molecule is COC(=O)N1c2ccc(OC)cc2[C@@]23CCN4CCCC(CCC12[C@@](O)(C(=O)OC)[C@@H](C)O)[C@H]43. The fourth-order valence-electron chi connectivity index (χ4n) is 8.07. The summed E-state index contributed by atoms with van der Waals surface area (Å²) in [5.74, 6) is 0.0176. The van der Waals surface area contributed by atoms with Crippen molar-refractivity contribution in [2.24, 2.45) is 5.92 Å². The van der Waals surface area contributed by atoms with Crippen molar-refractivity contribution >= 4 is 17.7 Å². The Morgan fingerprint density at radius 2 is 1.91 bits per heavy atom. The lowest BCUT2D eigenvalue weighted by Gasteiger charge is -2.62. The first-order valence-corrected chi connectivity index (χ1v) is 12.0. The molecule has 1 aromatic carbocycles. The third-order valence-electron chi connectivity index (χ3n) is 9.17. The lowest BCUT2D eigenvalue weighted by atomic mass is 9.48. The quantitative estimate of drug-likeness (QED) is 0.637. The van der Waals surface area contributed by atoms with Crippen molar-refractivity contribution in [2.45, 2.75) is 67.7 Å². The van der Waals surface area contributed by atoms with Gasteiger partial charge in [0.15, 0.2) is 0 Å². The summed E-state index contributed by atoms with van der Waals surface area (Å²) in [6.45, 7) is 3.07. The number of aliphatic hydroxyl groups excluding tert-OH is 1. The highest BCUT2D eigenvalue weighted by Crippen LogP contribution is 2.69. The van der Waals surface area contributed by atoms with Gasteiger partial charge in [0, 0.05) is 11.5 Å². The molecule has 34 heavy (non-hydrogen) atoms. The van der Waals surface area contributed by atoms with Gasteiger partial charge in [-0.2, -0.15) is 0 Å². The highest BCUT2D eigenvalue weighted by Gasteiger charge is 2.81. The topological polar surface area (TPSA) is 109 Å². The number of piperidine rings is 1. The van der Waals surface area contributed by atoms with Gasteiger partial charge >= 0.3 is 12.1 Å². The maximum atomic E-state index is 13.5. The Morgan fingerprint density at radius 1 is 1.15 bits per heavy atom. The van der Waals surface area contributed by atoms with Crippen molar-refractivity contribution in [3.05, 3.63) is 23.8 Å². The fourth-order valence-corrected chi connectivity index (χ4v) is 8.07. The van der Waals surface area contributed by atoms with Gasteiger partial charge in [-0.3, -0.25) is 9.80 Å². The normalized spacial score (nSPS) is 34.4. The zero-order chi connectivity index (χ0) is 24.5. The van der Waals surface area contributed by atoms with Gasteiger partial charge in [-0.05, 0) is 81.8 Å². The molecule has 1 aromatic rings. The van der Waals surface area contributed by atoms with Crippen LogP contribution in [0.1, 0.15) is 44.6 Å². The lowest BCUT2D eigenvalue weighted by molar-refractivity contribution is -0.200. The van der Waals surface area contributed by atoms with Gasteiger partial charge in [0.25, 0.3) is 0 Å². The zero-order valence-corrected chi connectivity index (χ0v) is 20.2. The van der Waals surface area contributed by atoms with E-state index < -0.39 is 34.7 Å². The number of fused-ring (bicyclic) bond motifs is 1. The molecule has 5 rings (SSSR count). The van der Waals surface area contributed by atoms with Gasteiger partial charge in [0.1, 0.15) is 11.3 Å². The number of anilines is 1. The third kappa shape index (κ3) is 2.50. The van der Waals surface area contributed by atoms with Gasteiger partial charge in [-0.25, -0.2) is 9.59 Å². The number of amides is 1. The van der Waals surface area contributed by atoms with Crippen LogP contribution in [0.3, 0.4) is 0 Å². The monoisotopic (exact) mass is 474 g/mol. The lowest BCUT2D eigenvalue weighted by Crippen LogP contribution is -2.81. The second-order valence-corrected chi connectivity index (χ2v) is 10.1. The molecule has 1 aliphatic carbocycles. The summed E-state index contributed by atoms with van der Waals surface area (Å²) in [4.78, 5) is 30.8. The Hall–Kier alpha value is -2.36. The van der Waals surface area contributed by atoms with Crippen LogP contribution in [-0.2, 0) is 19.7 Å². The molecular weight excluding hydrogens is 440 g/mol. The number of hydrogen-bond donors (Lipinski definition) is 2. The van der Waals surface area contributed by atoms with Gasteiger partial charge in [-0.1, -0.05) is 0 Å². The smallest absolute Gasteiger partial charge is 0.414 e. The molecule has 0 radical (unpaired) electrons. The summed E-state index contributed by atoms with van der Waals surface area (Å²) in [6, 6.07) is 5.47. The Bertz CT molecular complexity index is 1010. The number of nitrogens with zero attached hydrogens (tertiary/aromatic N) is 2. The molecule has 2 saturated heterocycles. The summed E-state index contributed by atoms with van der Waals surface area (Å²) in [6.07, 6.45) is 1.59. The summed E-state index contributed by atoms with van der Waals surface area (Å²) < 4.78 is 15.9. The molecule has 2 N–H and O–H groups in total. The zero-order valence-electron chi connectivity index (χ0n) is 20.2. The molecule has 186 valence electrons. The highest BCUT2D eigenvalue weighted by molar-refractivity contribution is 5.98.